The maximum absolute atomic E-state index is 14.7. The van der Waals surface area contributed by atoms with Crippen LogP contribution in [-0.2, 0) is 11.2 Å². The van der Waals surface area contributed by atoms with E-state index in [1.165, 1.54) is 4.90 Å². The van der Waals surface area contributed by atoms with Crippen LogP contribution in [0.2, 0.25) is 5.02 Å². The molecule has 0 bridgehead atoms. The largest absolute Gasteiger partial charge is 0.444 e. The van der Waals surface area contributed by atoms with Crippen LogP contribution in [0.5, 0.6) is 0 Å². The summed E-state index contributed by atoms with van der Waals surface area (Å²) in [5.41, 5.74) is 9.00. The first kappa shape index (κ1) is 25.4. The number of fused-ring (bicyclic) bond motifs is 1. The van der Waals surface area contributed by atoms with E-state index >= 15 is 0 Å². The Bertz CT molecular complexity index is 1320. The van der Waals surface area contributed by atoms with Gasteiger partial charge < -0.3 is 20.7 Å². The number of benzene rings is 2. The van der Waals surface area contributed by atoms with Crippen LogP contribution in [0.4, 0.5) is 15.0 Å². The van der Waals surface area contributed by atoms with Gasteiger partial charge in [-0.25, -0.2) is 9.78 Å². The van der Waals surface area contributed by atoms with Crippen LogP contribution in [0, 0.1) is 5.95 Å². The molecule has 0 fully saturated rings. The normalized spacial score (nSPS) is 15.2. The number of nitrogens with zero attached hydrogens (tertiary/aromatic N) is 2. The average Bonchev–Trinajstić information content (AvgIpc) is 2.78. The number of rotatable bonds is 4. The van der Waals surface area contributed by atoms with Crippen molar-refractivity contribution in [1.29, 1.82) is 0 Å². The number of pyridine rings is 1. The Balaban J connectivity index is 1.61. The highest BCUT2D eigenvalue weighted by Gasteiger charge is 2.28. The van der Waals surface area contributed by atoms with Crippen LogP contribution in [-0.4, -0.2) is 47.1 Å². The van der Waals surface area contributed by atoms with Gasteiger partial charge in [-0.3, -0.25) is 4.79 Å². The third-order valence-electron chi connectivity index (χ3n) is 5.82. The summed E-state index contributed by atoms with van der Waals surface area (Å²) in [5, 5.41) is 3.49. The molecule has 188 valence electrons. The van der Waals surface area contributed by atoms with Crippen molar-refractivity contribution in [2.45, 2.75) is 38.8 Å². The van der Waals surface area contributed by atoms with Crippen LogP contribution in [0.3, 0.4) is 0 Å². The second-order valence-electron chi connectivity index (χ2n) is 9.87. The van der Waals surface area contributed by atoms with Crippen molar-refractivity contribution in [3.63, 3.8) is 0 Å². The number of nitrogens with one attached hydrogen (secondary N) is 1. The fraction of sp³-hybridized carbons (Fsp3) is 0.296. The summed E-state index contributed by atoms with van der Waals surface area (Å²) in [7, 11) is 1.63. The van der Waals surface area contributed by atoms with Gasteiger partial charge in [0.05, 0.1) is 6.04 Å². The van der Waals surface area contributed by atoms with Crippen molar-refractivity contribution < 1.29 is 18.7 Å². The average molecular weight is 511 g/mol. The number of halogens is 2. The molecule has 1 aliphatic rings. The van der Waals surface area contributed by atoms with E-state index in [9.17, 15) is 14.0 Å². The van der Waals surface area contributed by atoms with E-state index in [0.29, 0.717) is 39.3 Å². The summed E-state index contributed by atoms with van der Waals surface area (Å²) in [6, 6.07) is 13.5. The molecule has 36 heavy (non-hydrogen) atoms. The van der Waals surface area contributed by atoms with Gasteiger partial charge >= 0.3 is 6.09 Å². The molecule has 2 aromatic carbocycles. The van der Waals surface area contributed by atoms with E-state index in [2.05, 4.69) is 10.3 Å². The molecule has 7 nitrogen and oxygen atoms in total. The number of nitrogen functional groups attached to an aromatic ring is 1. The van der Waals surface area contributed by atoms with Gasteiger partial charge in [-0.15, -0.1) is 0 Å². The summed E-state index contributed by atoms with van der Waals surface area (Å²) in [4.78, 5) is 30.5. The highest BCUT2D eigenvalue weighted by atomic mass is 35.5. The van der Waals surface area contributed by atoms with Crippen molar-refractivity contribution in [1.82, 2.24) is 15.2 Å². The molecule has 0 spiro atoms. The number of nitrogens with two attached hydrogens (primary N) is 1. The van der Waals surface area contributed by atoms with E-state index in [-0.39, 0.29) is 24.3 Å². The lowest BCUT2D eigenvalue weighted by atomic mass is 9.91. The molecule has 0 aliphatic carbocycles. The minimum Gasteiger partial charge on any atom is -0.444 e. The number of likely N-dealkylation sites (N-methyl/N-ethyl adjacent to an activating group) is 1. The van der Waals surface area contributed by atoms with Crippen LogP contribution >= 0.6 is 11.6 Å². The summed E-state index contributed by atoms with van der Waals surface area (Å²) < 4.78 is 20.1. The van der Waals surface area contributed by atoms with Gasteiger partial charge in [0, 0.05) is 35.3 Å². The lowest BCUT2D eigenvalue weighted by molar-refractivity contribution is 0.0279. The molecule has 1 aromatic heterocycles. The van der Waals surface area contributed by atoms with E-state index in [1.54, 1.807) is 70.3 Å². The first-order chi connectivity index (χ1) is 16.9. The van der Waals surface area contributed by atoms with Crippen molar-refractivity contribution in [3.8, 4) is 22.3 Å². The number of amides is 2. The molecule has 3 N–H and O–H groups in total. The minimum absolute atomic E-state index is 0.0478. The van der Waals surface area contributed by atoms with Gasteiger partial charge in [-0.05, 0) is 68.1 Å². The second kappa shape index (κ2) is 9.78. The zero-order valence-electron chi connectivity index (χ0n) is 20.6. The summed E-state index contributed by atoms with van der Waals surface area (Å²) in [6.45, 7) is 5.68. The lowest BCUT2D eigenvalue weighted by Gasteiger charge is -2.31. The van der Waals surface area contributed by atoms with E-state index < -0.39 is 17.6 Å². The predicted octanol–water partition coefficient (Wildman–Crippen LogP) is 5.31. The van der Waals surface area contributed by atoms with Gasteiger partial charge in [0.2, 0.25) is 5.95 Å². The zero-order chi connectivity index (χ0) is 26.2. The standard InChI is InChI=1S/C27H28ClFN4O3/c1-27(2,3)36-26(35)33(4)14-19-12-17-11-16(7-10-20(17)25(34)31-19)22-13-21(23(29)32-24(22)30)15-5-8-18(28)9-6-15/h5-11,13,19H,12,14H2,1-4H3,(H2,30,32)(H,31,34). The first-order valence-corrected chi connectivity index (χ1v) is 11.9. The van der Waals surface area contributed by atoms with Crippen LogP contribution in [0.15, 0.2) is 48.5 Å². The number of ether oxygens (including phenoxy) is 1. The molecule has 1 atom stereocenters. The smallest absolute Gasteiger partial charge is 0.410 e. The molecule has 0 saturated carbocycles. The molecule has 2 heterocycles. The quantitative estimate of drug-likeness (QED) is 0.463. The highest BCUT2D eigenvalue weighted by molar-refractivity contribution is 6.30. The third kappa shape index (κ3) is 5.60. The van der Waals surface area contributed by atoms with E-state index in [0.717, 1.165) is 5.56 Å². The number of hydrogen-bond donors (Lipinski definition) is 2. The Morgan fingerprint density at radius 2 is 1.81 bits per heavy atom. The van der Waals surface area contributed by atoms with E-state index in [4.69, 9.17) is 22.1 Å². The lowest BCUT2D eigenvalue weighted by Crippen LogP contribution is -2.49. The molecule has 1 aliphatic heterocycles. The van der Waals surface area contributed by atoms with Gasteiger partial charge in [0.25, 0.3) is 5.91 Å². The van der Waals surface area contributed by atoms with Crippen molar-refractivity contribution >= 4 is 29.4 Å². The van der Waals surface area contributed by atoms with Crippen molar-refractivity contribution in [2.75, 3.05) is 19.3 Å². The molecule has 0 saturated heterocycles. The van der Waals surface area contributed by atoms with Crippen LogP contribution in [0.1, 0.15) is 36.7 Å². The zero-order valence-corrected chi connectivity index (χ0v) is 21.3. The fourth-order valence-corrected chi connectivity index (χ4v) is 4.28. The number of carbonyl (C=O) groups is 2. The Labute approximate surface area is 214 Å². The predicted molar refractivity (Wildman–Crippen MR) is 138 cm³/mol. The Morgan fingerprint density at radius 3 is 2.47 bits per heavy atom. The maximum Gasteiger partial charge on any atom is 0.410 e. The van der Waals surface area contributed by atoms with Crippen molar-refractivity contribution in [3.05, 3.63) is 70.6 Å². The first-order valence-electron chi connectivity index (χ1n) is 11.5. The van der Waals surface area contributed by atoms with Gasteiger partial charge in [-0.2, -0.15) is 4.39 Å². The molecular weight excluding hydrogens is 483 g/mol. The topological polar surface area (TPSA) is 97.5 Å². The summed E-state index contributed by atoms with van der Waals surface area (Å²) >= 11 is 5.97. The summed E-state index contributed by atoms with van der Waals surface area (Å²) in [6.07, 6.45) is 0.0388. The SMILES string of the molecule is CN(CC1Cc2cc(-c3cc(-c4ccc(Cl)cc4)c(F)nc3N)ccc2C(=O)N1)C(=O)OC(C)(C)C. The monoisotopic (exact) mass is 510 g/mol. The van der Waals surface area contributed by atoms with Crippen LogP contribution < -0.4 is 11.1 Å². The highest BCUT2D eigenvalue weighted by Crippen LogP contribution is 2.34. The molecule has 3 aromatic rings. The summed E-state index contributed by atoms with van der Waals surface area (Å²) in [5.74, 6) is -0.856. The molecule has 1 unspecified atom stereocenters. The minimum atomic E-state index is -0.679. The van der Waals surface area contributed by atoms with Crippen LogP contribution in [0.25, 0.3) is 22.3 Å². The molecule has 2 amide bonds. The number of anilines is 1. The van der Waals surface area contributed by atoms with Gasteiger partial charge in [0.1, 0.15) is 11.4 Å². The molecule has 0 radical (unpaired) electrons. The van der Waals surface area contributed by atoms with Gasteiger partial charge in [0.15, 0.2) is 0 Å². The molecule has 9 heteroatoms. The number of aromatic nitrogens is 1. The Kier molecular flexibility index (Phi) is 6.91. The Morgan fingerprint density at radius 1 is 1.14 bits per heavy atom. The maximum atomic E-state index is 14.7. The molecule has 4 rings (SSSR count). The van der Waals surface area contributed by atoms with E-state index in [1.807, 2.05) is 6.07 Å². The van der Waals surface area contributed by atoms with Gasteiger partial charge in [-0.1, -0.05) is 35.9 Å². The third-order valence-corrected chi connectivity index (χ3v) is 6.07. The fourth-order valence-electron chi connectivity index (χ4n) is 4.15. The second-order valence-corrected chi connectivity index (χ2v) is 10.3. The number of hydrogen-bond acceptors (Lipinski definition) is 5. The van der Waals surface area contributed by atoms with Crippen molar-refractivity contribution in [2.24, 2.45) is 0 Å². The number of carbonyl (C=O) groups excluding carboxylic acids is 2. The Hall–Kier alpha value is -3.65. The molecular formula is C27H28ClFN4O3.